The predicted molar refractivity (Wildman–Crippen MR) is 80.6 cm³/mol. The van der Waals surface area contributed by atoms with Crippen molar-refractivity contribution in [2.24, 2.45) is 0 Å². The van der Waals surface area contributed by atoms with Gasteiger partial charge in [-0.05, 0) is 45.7 Å². The van der Waals surface area contributed by atoms with Crippen molar-refractivity contribution in [3.05, 3.63) is 21.9 Å². The fraction of sp³-hybridized carbons (Fsp3) is 0.667. The molecule has 2 heterocycles. The van der Waals surface area contributed by atoms with Crippen LogP contribution in [0.25, 0.3) is 0 Å². The van der Waals surface area contributed by atoms with E-state index in [1.54, 1.807) is 0 Å². The number of rotatable bonds is 4. The Morgan fingerprint density at radius 2 is 2.05 bits per heavy atom. The molecular weight excluding hydrogens is 256 g/mol. The Kier molecular flexibility index (Phi) is 4.99. The van der Waals surface area contributed by atoms with Crippen LogP contribution in [0.15, 0.2) is 12.1 Å². The highest BCUT2D eigenvalue weighted by molar-refractivity contribution is 7.11. The summed E-state index contributed by atoms with van der Waals surface area (Å²) in [5.74, 6) is 0.313. The summed E-state index contributed by atoms with van der Waals surface area (Å²) in [6.07, 6.45) is 2.67. The Morgan fingerprint density at radius 1 is 1.37 bits per heavy atom. The summed E-state index contributed by atoms with van der Waals surface area (Å²) in [6, 6.07) is 5.15. The minimum atomic E-state index is 0.313. The fourth-order valence-electron chi connectivity index (χ4n) is 2.72. The first-order valence-corrected chi connectivity index (χ1v) is 7.95. The van der Waals surface area contributed by atoms with Gasteiger partial charge in [0.05, 0.1) is 0 Å². The summed E-state index contributed by atoms with van der Waals surface area (Å²) in [5.41, 5.74) is 0. The van der Waals surface area contributed by atoms with Gasteiger partial charge in [-0.2, -0.15) is 0 Å². The van der Waals surface area contributed by atoms with Crippen LogP contribution in [0.5, 0.6) is 0 Å². The van der Waals surface area contributed by atoms with Crippen LogP contribution in [0.4, 0.5) is 0 Å². The van der Waals surface area contributed by atoms with Crippen LogP contribution in [-0.4, -0.2) is 36.0 Å². The lowest BCUT2D eigenvalue weighted by molar-refractivity contribution is -0.133. The zero-order valence-corrected chi connectivity index (χ0v) is 12.9. The predicted octanol–water partition coefficient (Wildman–Crippen LogP) is 2.59. The van der Waals surface area contributed by atoms with Crippen LogP contribution in [-0.2, 0) is 11.2 Å². The topological polar surface area (TPSA) is 32.3 Å². The van der Waals surface area contributed by atoms with E-state index in [2.05, 4.69) is 38.2 Å². The normalized spacial score (nSPS) is 23.6. The average molecular weight is 280 g/mol. The molecule has 1 aliphatic rings. The summed E-state index contributed by atoms with van der Waals surface area (Å²) >= 11 is 1.84. The molecule has 1 aromatic heterocycles. The number of hydrogen-bond donors (Lipinski definition) is 1. The molecular formula is C15H24N2OS. The highest BCUT2D eigenvalue weighted by Gasteiger charge is 2.24. The van der Waals surface area contributed by atoms with Gasteiger partial charge in [0.2, 0.25) is 5.91 Å². The van der Waals surface area contributed by atoms with Gasteiger partial charge in [0.25, 0.3) is 0 Å². The molecule has 0 aliphatic carbocycles. The molecule has 106 valence electrons. The molecule has 0 spiro atoms. The van der Waals surface area contributed by atoms with Crippen LogP contribution in [0, 0.1) is 6.92 Å². The molecule has 1 saturated heterocycles. The van der Waals surface area contributed by atoms with E-state index in [9.17, 15) is 4.79 Å². The second-order valence-corrected chi connectivity index (χ2v) is 7.01. The maximum absolute atomic E-state index is 12.2. The summed E-state index contributed by atoms with van der Waals surface area (Å²) in [4.78, 5) is 17.0. The first-order valence-electron chi connectivity index (χ1n) is 7.13. The van der Waals surface area contributed by atoms with Gasteiger partial charge >= 0.3 is 0 Å². The maximum Gasteiger partial charge on any atom is 0.222 e. The molecule has 0 unspecified atom stereocenters. The molecule has 1 aliphatic heterocycles. The summed E-state index contributed by atoms with van der Waals surface area (Å²) in [6.45, 7) is 8.11. The van der Waals surface area contributed by atoms with Crippen LogP contribution < -0.4 is 5.32 Å². The minimum absolute atomic E-state index is 0.313. The zero-order chi connectivity index (χ0) is 13.8. The van der Waals surface area contributed by atoms with Gasteiger partial charge in [0.15, 0.2) is 0 Å². The Bertz CT molecular complexity index is 420. The molecule has 0 bridgehead atoms. The van der Waals surface area contributed by atoms with Crippen LogP contribution in [0.1, 0.15) is 36.4 Å². The Hall–Kier alpha value is -0.870. The molecule has 0 saturated carbocycles. The van der Waals surface area contributed by atoms with E-state index in [1.807, 2.05) is 16.2 Å². The van der Waals surface area contributed by atoms with Crippen molar-refractivity contribution in [1.82, 2.24) is 10.2 Å². The standard InChI is InChI=1S/C15H24N2OS/c1-11-9-17(10-12(2)16-11)15(18)6-4-5-14-8-7-13(3)19-14/h7-8,11-12,16H,4-6,9-10H2,1-3H3/t11-,12-/m0/s1. The number of piperazine rings is 1. The van der Waals surface area contributed by atoms with E-state index in [0.717, 1.165) is 25.9 Å². The molecule has 1 aromatic rings. The van der Waals surface area contributed by atoms with E-state index >= 15 is 0 Å². The van der Waals surface area contributed by atoms with E-state index in [0.29, 0.717) is 24.4 Å². The molecule has 1 N–H and O–H groups in total. The van der Waals surface area contributed by atoms with Gasteiger partial charge in [-0.1, -0.05) is 0 Å². The van der Waals surface area contributed by atoms with Crippen molar-refractivity contribution in [2.45, 2.75) is 52.1 Å². The van der Waals surface area contributed by atoms with Crippen LogP contribution in [0.2, 0.25) is 0 Å². The molecule has 4 heteroatoms. The molecule has 2 atom stereocenters. The number of carbonyl (C=O) groups excluding carboxylic acids is 1. The third-order valence-electron chi connectivity index (χ3n) is 3.52. The SMILES string of the molecule is Cc1ccc(CCCC(=O)N2C[C@H](C)N[C@@H](C)C2)s1. The first-order chi connectivity index (χ1) is 9.04. The maximum atomic E-state index is 12.2. The molecule has 1 amide bonds. The zero-order valence-electron chi connectivity index (χ0n) is 12.1. The van der Waals surface area contributed by atoms with Crippen molar-refractivity contribution in [2.75, 3.05) is 13.1 Å². The number of amides is 1. The summed E-state index contributed by atoms with van der Waals surface area (Å²) in [5, 5.41) is 3.46. The van der Waals surface area contributed by atoms with Gasteiger partial charge in [-0.15, -0.1) is 11.3 Å². The van der Waals surface area contributed by atoms with Crippen molar-refractivity contribution in [3.8, 4) is 0 Å². The second kappa shape index (κ2) is 6.53. The Labute approximate surface area is 120 Å². The lowest BCUT2D eigenvalue weighted by atomic mass is 10.1. The molecule has 0 radical (unpaired) electrons. The summed E-state index contributed by atoms with van der Waals surface area (Å²) in [7, 11) is 0. The number of aryl methyl sites for hydroxylation is 2. The van der Waals surface area contributed by atoms with E-state index in [-0.39, 0.29) is 0 Å². The highest BCUT2D eigenvalue weighted by Crippen LogP contribution is 2.17. The van der Waals surface area contributed by atoms with Crippen molar-refractivity contribution in [1.29, 1.82) is 0 Å². The molecule has 3 nitrogen and oxygen atoms in total. The number of carbonyl (C=O) groups is 1. The van der Waals surface area contributed by atoms with E-state index < -0.39 is 0 Å². The lowest BCUT2D eigenvalue weighted by Gasteiger charge is -2.36. The van der Waals surface area contributed by atoms with Gasteiger partial charge < -0.3 is 10.2 Å². The largest absolute Gasteiger partial charge is 0.340 e. The number of nitrogens with zero attached hydrogens (tertiary/aromatic N) is 1. The van der Waals surface area contributed by atoms with Gasteiger partial charge in [-0.25, -0.2) is 0 Å². The second-order valence-electron chi connectivity index (χ2n) is 5.63. The lowest BCUT2D eigenvalue weighted by Crippen LogP contribution is -2.55. The minimum Gasteiger partial charge on any atom is -0.340 e. The first kappa shape index (κ1) is 14.5. The Morgan fingerprint density at radius 3 is 2.63 bits per heavy atom. The van der Waals surface area contributed by atoms with Crippen LogP contribution >= 0.6 is 11.3 Å². The smallest absolute Gasteiger partial charge is 0.222 e. The van der Waals surface area contributed by atoms with Crippen LogP contribution in [0.3, 0.4) is 0 Å². The van der Waals surface area contributed by atoms with E-state index in [4.69, 9.17) is 0 Å². The molecule has 2 rings (SSSR count). The average Bonchev–Trinajstić information content (AvgIpc) is 2.73. The number of thiophene rings is 1. The molecule has 0 aromatic carbocycles. The molecule has 1 fully saturated rings. The highest BCUT2D eigenvalue weighted by atomic mass is 32.1. The van der Waals surface area contributed by atoms with Gasteiger partial charge in [0.1, 0.15) is 0 Å². The van der Waals surface area contributed by atoms with Crippen molar-refractivity contribution >= 4 is 17.2 Å². The fourth-order valence-corrected chi connectivity index (χ4v) is 3.65. The molecule has 19 heavy (non-hydrogen) atoms. The van der Waals surface area contributed by atoms with E-state index in [1.165, 1.54) is 9.75 Å². The number of hydrogen-bond acceptors (Lipinski definition) is 3. The third-order valence-corrected chi connectivity index (χ3v) is 4.58. The summed E-state index contributed by atoms with van der Waals surface area (Å²) < 4.78 is 0. The van der Waals surface area contributed by atoms with Gasteiger partial charge in [-0.3, -0.25) is 4.79 Å². The quantitative estimate of drug-likeness (QED) is 0.919. The van der Waals surface area contributed by atoms with Gasteiger partial charge in [0, 0.05) is 41.3 Å². The number of nitrogens with one attached hydrogen (secondary N) is 1. The Balaban J connectivity index is 1.74. The van der Waals surface area contributed by atoms with Crippen molar-refractivity contribution in [3.63, 3.8) is 0 Å². The van der Waals surface area contributed by atoms with Crippen molar-refractivity contribution < 1.29 is 4.79 Å². The third kappa shape index (κ3) is 4.32. The monoisotopic (exact) mass is 280 g/mol.